The second kappa shape index (κ2) is 6.12. The molecule has 0 spiro atoms. The van der Waals surface area contributed by atoms with Gasteiger partial charge in [0.1, 0.15) is 11.5 Å². The molecule has 0 fully saturated rings. The van der Waals surface area contributed by atoms with E-state index in [-0.39, 0.29) is 11.8 Å². The number of hydrogen-bond donors (Lipinski definition) is 3. The van der Waals surface area contributed by atoms with E-state index < -0.39 is 0 Å². The minimum Gasteiger partial charge on any atom is -0.507 e. The molecular formula is C18H20N2O2. The Morgan fingerprint density at radius 3 is 2.64 bits per heavy atom. The minimum absolute atomic E-state index is 0.0607. The van der Waals surface area contributed by atoms with Gasteiger partial charge in [-0.15, -0.1) is 0 Å². The molecule has 1 unspecified atom stereocenters. The van der Waals surface area contributed by atoms with Gasteiger partial charge in [0.05, 0.1) is 18.3 Å². The lowest BCUT2D eigenvalue weighted by atomic mass is 10.0. The smallest absolute Gasteiger partial charge is 0.124 e. The van der Waals surface area contributed by atoms with Crippen LogP contribution in [-0.2, 0) is 0 Å². The van der Waals surface area contributed by atoms with Gasteiger partial charge in [-0.2, -0.15) is 0 Å². The van der Waals surface area contributed by atoms with Crippen LogP contribution in [0, 0.1) is 6.92 Å². The molecule has 1 aliphatic heterocycles. The topological polar surface area (TPSA) is 53.5 Å². The largest absolute Gasteiger partial charge is 0.507 e. The van der Waals surface area contributed by atoms with Gasteiger partial charge in [-0.1, -0.05) is 23.8 Å². The van der Waals surface area contributed by atoms with Crippen LogP contribution >= 0.6 is 0 Å². The summed E-state index contributed by atoms with van der Waals surface area (Å²) in [5, 5.41) is 10.0. The van der Waals surface area contributed by atoms with Crippen LogP contribution in [0.25, 0.3) is 5.70 Å². The van der Waals surface area contributed by atoms with Gasteiger partial charge in [0.15, 0.2) is 0 Å². The lowest BCUT2D eigenvalue weighted by Crippen LogP contribution is -2.26. The molecule has 0 aliphatic carbocycles. The number of rotatable bonds is 4. The van der Waals surface area contributed by atoms with E-state index in [1.165, 1.54) is 0 Å². The number of aryl methyl sites for hydroxylation is 1. The van der Waals surface area contributed by atoms with Crippen LogP contribution in [0.2, 0.25) is 0 Å². The number of benzene rings is 2. The van der Waals surface area contributed by atoms with Crippen LogP contribution in [0.15, 0.2) is 48.5 Å². The third kappa shape index (κ3) is 2.92. The first kappa shape index (κ1) is 14.5. The summed E-state index contributed by atoms with van der Waals surface area (Å²) in [5.74, 6) is 1.15. The monoisotopic (exact) mass is 296 g/mol. The quantitative estimate of drug-likeness (QED) is 0.810. The average Bonchev–Trinajstić information content (AvgIpc) is 3.00. The summed E-state index contributed by atoms with van der Waals surface area (Å²) in [4.78, 5) is 0. The molecule has 22 heavy (non-hydrogen) atoms. The van der Waals surface area contributed by atoms with Gasteiger partial charge in [-0.05, 0) is 49.8 Å². The van der Waals surface area contributed by atoms with Crippen LogP contribution in [0.3, 0.4) is 0 Å². The maximum absolute atomic E-state index is 10.0. The van der Waals surface area contributed by atoms with Crippen molar-refractivity contribution in [3.05, 3.63) is 65.2 Å². The first-order chi connectivity index (χ1) is 10.7. The zero-order valence-electron chi connectivity index (χ0n) is 12.8. The Kier molecular flexibility index (Phi) is 4.02. The number of nitrogens with one attached hydrogen (secondary N) is 2. The van der Waals surface area contributed by atoms with Crippen molar-refractivity contribution in [3.8, 4) is 11.5 Å². The van der Waals surface area contributed by atoms with E-state index in [0.29, 0.717) is 6.61 Å². The minimum atomic E-state index is 0.0607. The molecule has 0 amide bonds. The first-order valence-electron chi connectivity index (χ1n) is 7.43. The number of hydrazine groups is 1. The molecule has 3 N–H and O–H groups in total. The van der Waals surface area contributed by atoms with Gasteiger partial charge < -0.3 is 15.3 Å². The molecular weight excluding hydrogens is 276 g/mol. The van der Waals surface area contributed by atoms with E-state index in [4.69, 9.17) is 4.74 Å². The summed E-state index contributed by atoms with van der Waals surface area (Å²) in [6, 6.07) is 13.7. The van der Waals surface area contributed by atoms with Crippen molar-refractivity contribution >= 4 is 5.70 Å². The molecule has 0 saturated heterocycles. The number of hydrogen-bond acceptors (Lipinski definition) is 4. The van der Waals surface area contributed by atoms with Crippen molar-refractivity contribution < 1.29 is 9.84 Å². The van der Waals surface area contributed by atoms with Crippen molar-refractivity contribution in [2.45, 2.75) is 19.9 Å². The highest BCUT2D eigenvalue weighted by molar-refractivity contribution is 5.71. The molecule has 114 valence electrons. The summed E-state index contributed by atoms with van der Waals surface area (Å²) < 4.78 is 5.46. The van der Waals surface area contributed by atoms with E-state index in [9.17, 15) is 5.11 Å². The molecule has 4 nitrogen and oxygen atoms in total. The fourth-order valence-corrected chi connectivity index (χ4v) is 2.55. The maximum atomic E-state index is 10.0. The SMILES string of the molecule is CCOc1ccc(C2C=C(c3cc(C)ccc3O)NN2)cc1. The maximum Gasteiger partial charge on any atom is 0.124 e. The Labute approximate surface area is 130 Å². The number of ether oxygens (including phenoxy) is 1. The number of aromatic hydroxyl groups is 1. The molecule has 4 heteroatoms. The standard InChI is InChI=1S/C18H20N2O2/c1-3-22-14-7-5-13(6-8-14)16-11-17(20-19-16)15-10-12(2)4-9-18(15)21/h4-11,16,19-21H,3H2,1-2H3. The molecule has 1 atom stereocenters. The lowest BCUT2D eigenvalue weighted by molar-refractivity contribution is 0.340. The Bertz CT molecular complexity index is 693. The summed E-state index contributed by atoms with van der Waals surface area (Å²) >= 11 is 0. The third-order valence-corrected chi connectivity index (χ3v) is 3.69. The highest BCUT2D eigenvalue weighted by Gasteiger charge is 2.19. The predicted octanol–water partition coefficient (Wildman–Crippen LogP) is 3.29. The summed E-state index contributed by atoms with van der Waals surface area (Å²) in [6.45, 7) is 4.65. The molecule has 2 aromatic rings. The Morgan fingerprint density at radius 1 is 1.14 bits per heavy atom. The van der Waals surface area contributed by atoms with Crippen molar-refractivity contribution in [1.29, 1.82) is 0 Å². The Hall–Kier alpha value is -2.46. The van der Waals surface area contributed by atoms with Crippen LogP contribution in [-0.4, -0.2) is 11.7 Å². The molecule has 1 aliphatic rings. The summed E-state index contributed by atoms with van der Waals surface area (Å²) in [5.41, 5.74) is 10.3. The van der Waals surface area contributed by atoms with E-state index in [1.807, 2.05) is 50.2 Å². The molecule has 0 radical (unpaired) electrons. The molecule has 2 aromatic carbocycles. The second-order valence-electron chi connectivity index (χ2n) is 5.35. The van der Waals surface area contributed by atoms with Crippen molar-refractivity contribution in [2.24, 2.45) is 0 Å². The first-order valence-corrected chi connectivity index (χ1v) is 7.43. The normalized spacial score (nSPS) is 17.0. The van der Waals surface area contributed by atoms with Crippen molar-refractivity contribution in [1.82, 2.24) is 10.9 Å². The molecule has 0 bridgehead atoms. The van der Waals surface area contributed by atoms with E-state index in [0.717, 1.165) is 28.1 Å². The van der Waals surface area contributed by atoms with Gasteiger partial charge in [0, 0.05) is 5.56 Å². The highest BCUT2D eigenvalue weighted by Crippen LogP contribution is 2.30. The third-order valence-electron chi connectivity index (χ3n) is 3.69. The fourth-order valence-electron chi connectivity index (χ4n) is 2.55. The van der Waals surface area contributed by atoms with E-state index in [2.05, 4.69) is 16.9 Å². The lowest BCUT2D eigenvalue weighted by Gasteiger charge is -2.10. The molecule has 0 saturated carbocycles. The van der Waals surface area contributed by atoms with Crippen LogP contribution in [0.4, 0.5) is 0 Å². The number of phenols is 1. The molecule has 3 rings (SSSR count). The average molecular weight is 296 g/mol. The zero-order valence-corrected chi connectivity index (χ0v) is 12.8. The van der Waals surface area contributed by atoms with Gasteiger partial charge in [-0.25, -0.2) is 5.43 Å². The van der Waals surface area contributed by atoms with E-state index >= 15 is 0 Å². The van der Waals surface area contributed by atoms with Crippen LogP contribution < -0.4 is 15.6 Å². The van der Waals surface area contributed by atoms with Crippen LogP contribution in [0.1, 0.15) is 29.7 Å². The molecule has 1 heterocycles. The van der Waals surface area contributed by atoms with Gasteiger partial charge in [0.2, 0.25) is 0 Å². The predicted molar refractivity (Wildman–Crippen MR) is 87.4 cm³/mol. The summed E-state index contributed by atoms with van der Waals surface area (Å²) in [6.07, 6.45) is 2.07. The van der Waals surface area contributed by atoms with Crippen molar-refractivity contribution in [2.75, 3.05) is 6.61 Å². The Morgan fingerprint density at radius 2 is 1.91 bits per heavy atom. The summed E-state index contributed by atoms with van der Waals surface area (Å²) in [7, 11) is 0. The molecule has 0 aromatic heterocycles. The van der Waals surface area contributed by atoms with Gasteiger partial charge in [0.25, 0.3) is 0 Å². The van der Waals surface area contributed by atoms with Crippen molar-refractivity contribution in [3.63, 3.8) is 0 Å². The van der Waals surface area contributed by atoms with Crippen LogP contribution in [0.5, 0.6) is 11.5 Å². The Balaban J connectivity index is 1.83. The van der Waals surface area contributed by atoms with Gasteiger partial charge >= 0.3 is 0 Å². The number of phenolic OH excluding ortho intramolecular Hbond substituents is 1. The second-order valence-corrected chi connectivity index (χ2v) is 5.35. The highest BCUT2D eigenvalue weighted by atomic mass is 16.5. The zero-order chi connectivity index (χ0) is 15.5. The fraction of sp³-hybridized carbons (Fsp3) is 0.222. The van der Waals surface area contributed by atoms with E-state index in [1.54, 1.807) is 6.07 Å². The van der Waals surface area contributed by atoms with Gasteiger partial charge in [-0.3, -0.25) is 0 Å².